The SMILES string of the molecule is CCCCCC/C=C/CCCCCCC/C=C/C(=O)NCC(=O)NC1C(OC2C(CO)OC(OC3C(CO)OC(OC4C(CO)OC(OC)C(NC(C)=O)C4O)C(NC(C)=O)C3O)C(NC(C)=O)C2O)OC(CO)C(O)C1O. The molecule has 27 heteroatoms. The largest absolute Gasteiger partial charge is 0.394 e. The van der Waals surface area contributed by atoms with E-state index in [2.05, 4.69) is 45.7 Å². The molecule has 0 bridgehead atoms. The standard InChI is InChI=1S/C51H87N5O22/c1-6-7-8-9-10-11-12-13-14-15-16-17-18-19-20-21-34(64)52-22-35(65)56-36-41(67)40(66)30(23-57)72-49(36)76-46-32(25-59)74-51(38(43(46)69)54-28(3)62)78-47-33(26-60)75-50(39(44(47)70)55-29(4)63)77-45-31(24-58)73-48(71-5)37(42(45)68)53-27(2)61/h11-12,20-21,30-33,36-51,57-60,66-70H,6-10,13-19,22-26H2,1-5H3,(H,52,64)(H,53,61)(H,54,62)(H,55,63)(H,56,65)/b12-11+,21-20+. The lowest BCUT2D eigenvalue weighted by Gasteiger charge is -2.51. The molecule has 4 aliphatic rings. The van der Waals surface area contributed by atoms with Gasteiger partial charge in [0.05, 0.1) is 33.0 Å². The van der Waals surface area contributed by atoms with E-state index in [1.165, 1.54) is 45.8 Å². The van der Waals surface area contributed by atoms with Crippen LogP contribution in [0, 0.1) is 0 Å². The minimum Gasteiger partial charge on any atom is -0.394 e. The highest BCUT2D eigenvalue weighted by atomic mass is 16.8. The van der Waals surface area contributed by atoms with Crippen molar-refractivity contribution in [3.05, 3.63) is 24.3 Å². The molecule has 14 N–H and O–H groups in total. The molecule has 4 aliphatic heterocycles. The van der Waals surface area contributed by atoms with Crippen LogP contribution in [0.2, 0.25) is 0 Å². The van der Waals surface area contributed by atoms with E-state index >= 15 is 0 Å². The Kier molecular flexibility index (Phi) is 29.4. The predicted octanol–water partition coefficient (Wildman–Crippen LogP) is -3.61. The van der Waals surface area contributed by atoms with Gasteiger partial charge < -0.3 is 110 Å². The number of nitrogens with one attached hydrogen (secondary N) is 5. The third kappa shape index (κ3) is 19.7. The van der Waals surface area contributed by atoms with Gasteiger partial charge in [0.2, 0.25) is 29.5 Å². The van der Waals surface area contributed by atoms with Gasteiger partial charge in [-0.25, -0.2) is 0 Å². The van der Waals surface area contributed by atoms with Crippen molar-refractivity contribution in [2.75, 3.05) is 40.1 Å². The predicted molar refractivity (Wildman–Crippen MR) is 272 cm³/mol. The van der Waals surface area contributed by atoms with Gasteiger partial charge in [0.25, 0.3) is 0 Å². The molecule has 4 saturated heterocycles. The van der Waals surface area contributed by atoms with Gasteiger partial charge in [-0.2, -0.15) is 0 Å². The highest BCUT2D eigenvalue weighted by Crippen LogP contribution is 2.35. The zero-order valence-electron chi connectivity index (χ0n) is 45.2. The average Bonchev–Trinajstić information content (AvgIpc) is 3.47. The van der Waals surface area contributed by atoms with Gasteiger partial charge in [0.15, 0.2) is 25.2 Å². The summed E-state index contributed by atoms with van der Waals surface area (Å²) in [5.41, 5.74) is 0. The van der Waals surface area contributed by atoms with Crippen LogP contribution in [0.4, 0.5) is 0 Å². The molecule has 78 heavy (non-hydrogen) atoms. The van der Waals surface area contributed by atoms with Crippen molar-refractivity contribution in [1.29, 1.82) is 0 Å². The summed E-state index contributed by atoms with van der Waals surface area (Å²) in [5, 5.41) is 111. The minimum atomic E-state index is -1.95. The highest BCUT2D eigenvalue weighted by Gasteiger charge is 2.56. The maximum atomic E-state index is 13.2. The van der Waals surface area contributed by atoms with E-state index < -0.39 is 185 Å². The number of hydrogen-bond donors (Lipinski definition) is 14. The topological polar surface area (TPSA) is 401 Å². The van der Waals surface area contributed by atoms with Gasteiger partial charge >= 0.3 is 0 Å². The fourth-order valence-corrected chi connectivity index (χ4v) is 9.75. The summed E-state index contributed by atoms with van der Waals surface area (Å²) in [6.07, 6.45) is -6.25. The molecule has 0 aromatic rings. The first kappa shape index (κ1) is 66.7. The molecule has 4 rings (SSSR count). The first-order valence-electron chi connectivity index (χ1n) is 27.0. The number of ether oxygens (including phenoxy) is 8. The Labute approximate surface area is 454 Å². The number of allylic oxidation sites excluding steroid dienone is 3. The smallest absolute Gasteiger partial charge is 0.244 e. The molecule has 0 saturated carbocycles. The van der Waals surface area contributed by atoms with Crippen LogP contribution >= 0.6 is 0 Å². The number of hydrogen-bond acceptors (Lipinski definition) is 22. The maximum Gasteiger partial charge on any atom is 0.244 e. The molecule has 448 valence electrons. The second-order valence-electron chi connectivity index (χ2n) is 20.0. The van der Waals surface area contributed by atoms with Crippen molar-refractivity contribution in [2.24, 2.45) is 0 Å². The van der Waals surface area contributed by atoms with E-state index in [0.717, 1.165) is 58.8 Å². The quantitative estimate of drug-likeness (QED) is 0.0181. The molecular weight excluding hydrogens is 1030 g/mol. The molecule has 0 spiro atoms. The lowest BCUT2D eigenvalue weighted by atomic mass is 9.93. The first-order chi connectivity index (χ1) is 37.3. The summed E-state index contributed by atoms with van der Waals surface area (Å²) in [6.45, 7) is 1.44. The van der Waals surface area contributed by atoms with Gasteiger partial charge in [0.1, 0.15) is 97.4 Å². The van der Waals surface area contributed by atoms with Crippen LogP contribution in [0.15, 0.2) is 24.3 Å². The number of aliphatic hydroxyl groups excluding tert-OH is 9. The Morgan fingerprint density at radius 1 is 0.462 bits per heavy atom. The molecule has 5 amide bonds. The van der Waals surface area contributed by atoms with Crippen molar-refractivity contribution < 1.29 is 108 Å². The van der Waals surface area contributed by atoms with Crippen molar-refractivity contribution in [1.82, 2.24) is 26.6 Å². The van der Waals surface area contributed by atoms with Crippen LogP contribution in [0.3, 0.4) is 0 Å². The first-order valence-corrected chi connectivity index (χ1v) is 27.0. The Morgan fingerprint density at radius 2 is 0.821 bits per heavy atom. The second-order valence-corrected chi connectivity index (χ2v) is 20.0. The number of carbonyl (C=O) groups is 5. The van der Waals surface area contributed by atoms with Gasteiger partial charge in [-0.3, -0.25) is 24.0 Å². The third-order valence-corrected chi connectivity index (χ3v) is 13.8. The molecule has 20 unspecified atom stereocenters. The Bertz CT molecular complexity index is 1890. The van der Waals surface area contributed by atoms with Crippen molar-refractivity contribution in [3.8, 4) is 0 Å². The summed E-state index contributed by atoms with van der Waals surface area (Å²) in [5.74, 6) is -3.53. The van der Waals surface area contributed by atoms with Gasteiger partial charge in [-0.05, 0) is 44.6 Å². The molecule has 0 aromatic carbocycles. The van der Waals surface area contributed by atoms with Crippen LogP contribution in [0.25, 0.3) is 0 Å². The summed E-state index contributed by atoms with van der Waals surface area (Å²) < 4.78 is 47.1. The van der Waals surface area contributed by atoms with Gasteiger partial charge in [-0.1, -0.05) is 63.7 Å². The maximum absolute atomic E-state index is 13.2. The van der Waals surface area contributed by atoms with E-state index in [-0.39, 0.29) is 0 Å². The Balaban J connectivity index is 1.42. The zero-order valence-corrected chi connectivity index (χ0v) is 45.2. The average molecular weight is 1120 g/mol. The van der Waals surface area contributed by atoms with Crippen LogP contribution in [0.1, 0.15) is 105 Å². The summed E-state index contributed by atoms with van der Waals surface area (Å²) in [7, 11) is 1.24. The number of carbonyl (C=O) groups excluding carboxylic acids is 5. The van der Waals surface area contributed by atoms with Crippen molar-refractivity contribution >= 4 is 29.5 Å². The molecule has 4 fully saturated rings. The lowest BCUT2D eigenvalue weighted by Crippen LogP contribution is -2.71. The molecule has 0 aromatic heterocycles. The fraction of sp³-hybridized carbons (Fsp3) is 0.824. The summed E-state index contributed by atoms with van der Waals surface area (Å²) in [4.78, 5) is 63.1. The summed E-state index contributed by atoms with van der Waals surface area (Å²) in [6, 6.07) is -6.17. The number of amides is 5. The van der Waals surface area contributed by atoms with Crippen LogP contribution in [-0.4, -0.2) is 238 Å². The second kappa shape index (κ2) is 34.4. The van der Waals surface area contributed by atoms with Crippen molar-refractivity contribution in [2.45, 2.75) is 227 Å². The minimum absolute atomic E-state index is 0.574. The number of unbranched alkanes of at least 4 members (excludes halogenated alkanes) is 10. The summed E-state index contributed by atoms with van der Waals surface area (Å²) >= 11 is 0. The Morgan fingerprint density at radius 3 is 1.22 bits per heavy atom. The molecule has 20 atom stereocenters. The molecule has 0 radical (unpaired) electrons. The van der Waals surface area contributed by atoms with Crippen LogP contribution in [-0.2, 0) is 61.9 Å². The van der Waals surface area contributed by atoms with E-state index in [0.29, 0.717) is 6.42 Å². The Hall–Kier alpha value is -3.85. The van der Waals surface area contributed by atoms with Gasteiger partial charge in [0, 0.05) is 27.9 Å². The van der Waals surface area contributed by atoms with Crippen LogP contribution < -0.4 is 26.6 Å². The number of aliphatic hydroxyl groups is 9. The number of methoxy groups -OCH3 is 1. The highest BCUT2D eigenvalue weighted by molar-refractivity contribution is 5.91. The van der Waals surface area contributed by atoms with Crippen molar-refractivity contribution in [3.63, 3.8) is 0 Å². The van der Waals surface area contributed by atoms with E-state index in [1.54, 1.807) is 6.08 Å². The normalized spacial score (nSPS) is 35.3. The number of rotatable bonds is 31. The van der Waals surface area contributed by atoms with E-state index in [9.17, 15) is 69.9 Å². The monoisotopic (exact) mass is 1120 g/mol. The zero-order chi connectivity index (χ0) is 57.5. The molecular formula is C51H87N5O22. The third-order valence-electron chi connectivity index (χ3n) is 13.8. The van der Waals surface area contributed by atoms with E-state index in [1.807, 2.05) is 0 Å². The molecule has 0 aliphatic carbocycles. The fourth-order valence-electron chi connectivity index (χ4n) is 9.75. The van der Waals surface area contributed by atoms with Crippen LogP contribution in [0.5, 0.6) is 0 Å². The van der Waals surface area contributed by atoms with E-state index in [4.69, 9.17) is 37.9 Å². The molecule has 27 nitrogen and oxygen atoms in total. The lowest BCUT2D eigenvalue weighted by molar-refractivity contribution is -0.362. The van der Waals surface area contributed by atoms with Gasteiger partial charge in [-0.15, -0.1) is 0 Å². The molecule has 4 heterocycles.